The zero-order valence-corrected chi connectivity index (χ0v) is 17.4. The molecule has 0 heterocycles. The number of aliphatic hydroxyl groups is 2. The number of carbonyl (C=O) groups excluding carboxylic acids is 3. The first kappa shape index (κ1) is 23.2. The van der Waals surface area contributed by atoms with Crippen molar-refractivity contribution in [2.45, 2.75) is 31.3 Å². The maximum absolute atomic E-state index is 12.7. The molecule has 0 aliphatic heterocycles. The fourth-order valence-corrected chi connectivity index (χ4v) is 3.62. The Labute approximate surface area is 184 Å². The molecule has 9 nitrogen and oxygen atoms in total. The van der Waals surface area contributed by atoms with Crippen molar-refractivity contribution in [2.75, 3.05) is 13.2 Å². The highest BCUT2D eigenvalue weighted by atomic mass is 16.6. The Morgan fingerprint density at radius 3 is 1.84 bits per heavy atom. The minimum atomic E-state index is -1.37. The van der Waals surface area contributed by atoms with E-state index in [0.717, 1.165) is 0 Å². The van der Waals surface area contributed by atoms with Gasteiger partial charge in [0.1, 0.15) is 6.10 Å². The number of nitrogens with one attached hydrogen (secondary N) is 1. The van der Waals surface area contributed by atoms with E-state index in [0.29, 0.717) is 0 Å². The number of benzene rings is 2. The second kappa shape index (κ2) is 10.7. The van der Waals surface area contributed by atoms with Gasteiger partial charge in [0.25, 0.3) is 0 Å². The quantitative estimate of drug-likeness (QED) is 0.434. The molecular formula is C23H25NO8. The van der Waals surface area contributed by atoms with Crippen LogP contribution in [0.2, 0.25) is 0 Å². The van der Waals surface area contributed by atoms with Crippen LogP contribution in [0.4, 0.5) is 4.79 Å². The SMILES string of the molecule is CCOC(=O)N[C@H]1[C@@H](O)[C@H](CO)[C@@H](OC(=O)c2ccccc2)[C@@H]1OC(=O)c1ccccc1. The van der Waals surface area contributed by atoms with Crippen LogP contribution in [0.25, 0.3) is 0 Å². The smallest absolute Gasteiger partial charge is 0.407 e. The highest BCUT2D eigenvalue weighted by Gasteiger charge is 2.55. The van der Waals surface area contributed by atoms with Crippen molar-refractivity contribution in [1.29, 1.82) is 0 Å². The van der Waals surface area contributed by atoms with Gasteiger partial charge in [0.15, 0.2) is 6.10 Å². The van der Waals surface area contributed by atoms with Crippen molar-refractivity contribution in [3.8, 4) is 0 Å². The van der Waals surface area contributed by atoms with Gasteiger partial charge in [-0.15, -0.1) is 0 Å². The van der Waals surface area contributed by atoms with Crippen molar-refractivity contribution >= 4 is 18.0 Å². The molecule has 1 saturated carbocycles. The second-order valence-electron chi connectivity index (χ2n) is 7.20. The first-order valence-corrected chi connectivity index (χ1v) is 10.2. The molecule has 5 atom stereocenters. The summed E-state index contributed by atoms with van der Waals surface area (Å²) in [5.41, 5.74) is 0.478. The molecule has 0 aromatic heterocycles. The van der Waals surface area contributed by atoms with Gasteiger partial charge in [0.2, 0.25) is 0 Å². The van der Waals surface area contributed by atoms with Gasteiger partial charge in [-0.25, -0.2) is 14.4 Å². The topological polar surface area (TPSA) is 131 Å². The number of hydrogen-bond donors (Lipinski definition) is 3. The van der Waals surface area contributed by atoms with Gasteiger partial charge in [0.05, 0.1) is 42.4 Å². The first-order valence-electron chi connectivity index (χ1n) is 10.2. The molecule has 0 radical (unpaired) electrons. The van der Waals surface area contributed by atoms with Gasteiger partial charge in [-0.2, -0.15) is 0 Å². The third-order valence-electron chi connectivity index (χ3n) is 5.18. The fourth-order valence-electron chi connectivity index (χ4n) is 3.62. The van der Waals surface area contributed by atoms with Crippen molar-refractivity contribution in [2.24, 2.45) is 5.92 Å². The minimum Gasteiger partial charge on any atom is -0.454 e. The maximum atomic E-state index is 12.7. The summed E-state index contributed by atoms with van der Waals surface area (Å²) in [6.07, 6.45) is -4.70. The number of amides is 1. The van der Waals surface area contributed by atoms with Crippen LogP contribution in [0, 0.1) is 5.92 Å². The number of alkyl carbamates (subject to hydrolysis) is 1. The maximum Gasteiger partial charge on any atom is 0.407 e. The van der Waals surface area contributed by atoms with Crippen molar-refractivity contribution in [3.05, 3.63) is 71.8 Å². The molecular weight excluding hydrogens is 418 g/mol. The van der Waals surface area contributed by atoms with Crippen LogP contribution in [0.1, 0.15) is 27.6 Å². The van der Waals surface area contributed by atoms with Crippen LogP contribution in [0.5, 0.6) is 0 Å². The molecule has 2 aromatic rings. The summed E-state index contributed by atoms with van der Waals surface area (Å²) in [5, 5.41) is 23.1. The predicted octanol–water partition coefficient (Wildman–Crippen LogP) is 1.54. The van der Waals surface area contributed by atoms with Crippen LogP contribution >= 0.6 is 0 Å². The van der Waals surface area contributed by atoms with E-state index in [-0.39, 0.29) is 17.7 Å². The molecule has 1 aliphatic carbocycles. The van der Waals surface area contributed by atoms with E-state index in [4.69, 9.17) is 14.2 Å². The van der Waals surface area contributed by atoms with Crippen molar-refractivity contribution < 1.29 is 38.8 Å². The number of esters is 2. The highest BCUT2D eigenvalue weighted by molar-refractivity contribution is 5.90. The Balaban J connectivity index is 1.89. The van der Waals surface area contributed by atoms with E-state index >= 15 is 0 Å². The lowest BCUT2D eigenvalue weighted by Gasteiger charge is -2.26. The molecule has 9 heteroatoms. The van der Waals surface area contributed by atoms with Gasteiger partial charge >= 0.3 is 18.0 Å². The third-order valence-corrected chi connectivity index (χ3v) is 5.18. The summed E-state index contributed by atoms with van der Waals surface area (Å²) in [7, 11) is 0. The molecule has 3 N–H and O–H groups in total. The van der Waals surface area contributed by atoms with Gasteiger partial charge in [-0.1, -0.05) is 36.4 Å². The molecule has 3 rings (SSSR count). The summed E-state index contributed by atoms with van der Waals surface area (Å²) < 4.78 is 16.0. The van der Waals surface area contributed by atoms with Gasteiger partial charge < -0.3 is 29.7 Å². The number of rotatable bonds is 7. The van der Waals surface area contributed by atoms with E-state index < -0.39 is 54.9 Å². The summed E-state index contributed by atoms with van der Waals surface area (Å²) in [4.78, 5) is 37.4. The largest absolute Gasteiger partial charge is 0.454 e. The number of ether oxygens (including phenoxy) is 3. The molecule has 32 heavy (non-hydrogen) atoms. The Hall–Kier alpha value is -3.43. The van der Waals surface area contributed by atoms with E-state index in [1.54, 1.807) is 55.5 Å². The van der Waals surface area contributed by atoms with Crippen molar-refractivity contribution in [1.82, 2.24) is 5.32 Å². The van der Waals surface area contributed by atoms with E-state index in [2.05, 4.69) is 5.32 Å². The Morgan fingerprint density at radius 1 is 0.875 bits per heavy atom. The van der Waals surface area contributed by atoms with Gasteiger partial charge in [0, 0.05) is 0 Å². The summed E-state index contributed by atoms with van der Waals surface area (Å²) in [6, 6.07) is 15.1. The lowest BCUT2D eigenvalue weighted by molar-refractivity contribution is -0.0470. The zero-order valence-electron chi connectivity index (χ0n) is 17.4. The molecule has 0 saturated heterocycles. The number of aliphatic hydroxyl groups excluding tert-OH is 2. The molecule has 0 bridgehead atoms. The summed E-state index contributed by atoms with van der Waals surface area (Å²) in [5.74, 6) is -2.47. The second-order valence-corrected chi connectivity index (χ2v) is 7.20. The minimum absolute atomic E-state index is 0.0823. The molecule has 1 fully saturated rings. The first-order chi connectivity index (χ1) is 15.5. The third kappa shape index (κ3) is 5.24. The Morgan fingerprint density at radius 2 is 1.38 bits per heavy atom. The van der Waals surface area contributed by atoms with E-state index in [9.17, 15) is 24.6 Å². The van der Waals surface area contributed by atoms with Crippen LogP contribution < -0.4 is 5.32 Å². The van der Waals surface area contributed by atoms with Crippen LogP contribution in [-0.2, 0) is 14.2 Å². The van der Waals surface area contributed by atoms with Crippen molar-refractivity contribution in [3.63, 3.8) is 0 Å². The summed E-state index contributed by atoms with van der Waals surface area (Å²) in [6.45, 7) is 1.12. The Bertz CT molecular complexity index is 920. The number of hydrogen-bond acceptors (Lipinski definition) is 8. The molecule has 2 aromatic carbocycles. The molecule has 1 amide bonds. The van der Waals surface area contributed by atoms with E-state index in [1.807, 2.05) is 0 Å². The molecule has 0 spiro atoms. The molecule has 170 valence electrons. The molecule has 0 unspecified atom stereocenters. The van der Waals surface area contributed by atoms with Gasteiger partial charge in [-0.3, -0.25) is 0 Å². The zero-order chi connectivity index (χ0) is 23.1. The predicted molar refractivity (Wildman–Crippen MR) is 112 cm³/mol. The summed E-state index contributed by atoms with van der Waals surface area (Å²) >= 11 is 0. The van der Waals surface area contributed by atoms with Crippen LogP contribution in [0.3, 0.4) is 0 Å². The Kier molecular flexibility index (Phi) is 7.80. The normalized spacial score (nSPS) is 24.4. The monoisotopic (exact) mass is 443 g/mol. The highest BCUT2D eigenvalue weighted by Crippen LogP contribution is 2.33. The standard InChI is InChI=1S/C23H25NO8/c1-2-30-23(29)24-17-18(26)16(13-25)19(31-21(27)14-9-5-3-6-10-14)20(17)32-22(28)15-11-7-4-8-12-15/h3-12,16-20,25-26H,2,13H2,1H3,(H,24,29)/t16-,17-,18-,19+,20+/m0/s1. The molecule has 1 aliphatic rings. The van der Waals surface area contributed by atoms with Gasteiger partial charge in [-0.05, 0) is 31.2 Å². The average Bonchev–Trinajstić information content (AvgIpc) is 3.04. The lowest BCUT2D eigenvalue weighted by Crippen LogP contribution is -2.50. The van der Waals surface area contributed by atoms with Crippen LogP contribution in [-0.4, -0.2) is 65.8 Å². The fraction of sp³-hybridized carbons (Fsp3) is 0.348. The number of carbonyl (C=O) groups is 3. The van der Waals surface area contributed by atoms with E-state index in [1.165, 1.54) is 12.1 Å². The van der Waals surface area contributed by atoms with Crippen LogP contribution in [0.15, 0.2) is 60.7 Å². The average molecular weight is 443 g/mol. The lowest BCUT2D eigenvalue weighted by atomic mass is 10.0.